The van der Waals surface area contributed by atoms with Crippen molar-refractivity contribution in [2.24, 2.45) is 4.99 Å². The second-order valence-electron chi connectivity index (χ2n) is 5.19. The molecule has 0 aliphatic rings. The summed E-state index contributed by atoms with van der Waals surface area (Å²) in [4.78, 5) is 6.83. The van der Waals surface area contributed by atoms with E-state index in [1.807, 2.05) is 44.4 Å². The SMILES string of the molecule is CCN=C(c1ccccc1C)c1cc(Cl)ccc1N(C)C. The van der Waals surface area contributed by atoms with Gasteiger partial charge in [0.1, 0.15) is 0 Å². The minimum absolute atomic E-state index is 0.730. The Morgan fingerprint density at radius 3 is 2.43 bits per heavy atom. The van der Waals surface area contributed by atoms with Gasteiger partial charge in [-0.1, -0.05) is 35.9 Å². The highest BCUT2D eigenvalue weighted by Gasteiger charge is 2.15. The Morgan fingerprint density at radius 2 is 1.81 bits per heavy atom. The fraction of sp³-hybridized carbons (Fsp3) is 0.278. The van der Waals surface area contributed by atoms with E-state index >= 15 is 0 Å². The van der Waals surface area contributed by atoms with Gasteiger partial charge in [0.2, 0.25) is 0 Å². The van der Waals surface area contributed by atoms with Crippen molar-refractivity contribution in [1.82, 2.24) is 0 Å². The Bertz CT molecular complexity index is 660. The van der Waals surface area contributed by atoms with Gasteiger partial charge in [0.25, 0.3) is 0 Å². The van der Waals surface area contributed by atoms with E-state index in [0.717, 1.165) is 34.1 Å². The Hall–Kier alpha value is -1.80. The second kappa shape index (κ2) is 6.77. The molecule has 0 radical (unpaired) electrons. The molecule has 0 atom stereocenters. The van der Waals surface area contributed by atoms with E-state index in [0.29, 0.717) is 0 Å². The summed E-state index contributed by atoms with van der Waals surface area (Å²) in [7, 11) is 4.07. The van der Waals surface area contributed by atoms with Crippen molar-refractivity contribution in [3.63, 3.8) is 0 Å². The van der Waals surface area contributed by atoms with Crippen molar-refractivity contribution in [2.45, 2.75) is 13.8 Å². The van der Waals surface area contributed by atoms with Crippen LogP contribution in [0.5, 0.6) is 0 Å². The molecule has 0 saturated heterocycles. The molecular formula is C18H21ClN2. The monoisotopic (exact) mass is 300 g/mol. The van der Waals surface area contributed by atoms with Crippen LogP contribution in [0.25, 0.3) is 0 Å². The number of aryl methyl sites for hydroxylation is 1. The summed E-state index contributed by atoms with van der Waals surface area (Å²) in [6.07, 6.45) is 0. The molecule has 2 rings (SSSR count). The Kier molecular flexibility index (Phi) is 5.03. The van der Waals surface area contributed by atoms with Gasteiger partial charge in [-0.15, -0.1) is 0 Å². The molecule has 3 heteroatoms. The van der Waals surface area contributed by atoms with Gasteiger partial charge in [-0.2, -0.15) is 0 Å². The third kappa shape index (κ3) is 3.45. The minimum Gasteiger partial charge on any atom is -0.377 e. The Balaban J connectivity index is 2.68. The highest BCUT2D eigenvalue weighted by molar-refractivity contribution is 6.31. The van der Waals surface area contributed by atoms with Gasteiger partial charge in [0.05, 0.1) is 5.71 Å². The Morgan fingerprint density at radius 1 is 1.10 bits per heavy atom. The molecule has 0 aliphatic carbocycles. The molecule has 0 N–H and O–H groups in total. The molecule has 0 aromatic heterocycles. The number of hydrogen-bond acceptors (Lipinski definition) is 2. The van der Waals surface area contributed by atoms with Crippen LogP contribution in [0.1, 0.15) is 23.6 Å². The van der Waals surface area contributed by atoms with Crippen LogP contribution in [-0.2, 0) is 0 Å². The summed E-state index contributed by atoms with van der Waals surface area (Å²) in [6.45, 7) is 4.90. The number of anilines is 1. The lowest BCUT2D eigenvalue weighted by atomic mass is 9.96. The number of rotatable bonds is 4. The van der Waals surface area contributed by atoms with Gasteiger partial charge in [0.15, 0.2) is 0 Å². The quantitative estimate of drug-likeness (QED) is 0.755. The fourth-order valence-corrected chi connectivity index (χ4v) is 2.57. The van der Waals surface area contributed by atoms with Gasteiger partial charge in [-0.05, 0) is 37.6 Å². The number of nitrogens with zero attached hydrogens (tertiary/aromatic N) is 2. The lowest BCUT2D eigenvalue weighted by molar-refractivity contribution is 1.11. The zero-order valence-corrected chi connectivity index (χ0v) is 13.8. The molecule has 2 aromatic rings. The topological polar surface area (TPSA) is 15.6 Å². The molecule has 0 saturated carbocycles. The van der Waals surface area contributed by atoms with Crippen molar-refractivity contribution in [3.05, 3.63) is 64.2 Å². The lowest BCUT2D eigenvalue weighted by Crippen LogP contribution is -2.16. The number of halogens is 1. The zero-order chi connectivity index (χ0) is 15.4. The van der Waals surface area contributed by atoms with Crippen molar-refractivity contribution in [1.29, 1.82) is 0 Å². The van der Waals surface area contributed by atoms with Crippen LogP contribution in [0.15, 0.2) is 47.5 Å². The summed E-state index contributed by atoms with van der Waals surface area (Å²) in [6, 6.07) is 14.3. The van der Waals surface area contributed by atoms with Crippen LogP contribution >= 0.6 is 11.6 Å². The predicted molar refractivity (Wildman–Crippen MR) is 93.1 cm³/mol. The third-order valence-electron chi connectivity index (χ3n) is 3.41. The minimum atomic E-state index is 0.730. The average molecular weight is 301 g/mol. The van der Waals surface area contributed by atoms with E-state index < -0.39 is 0 Å². The predicted octanol–water partition coefficient (Wildman–Crippen LogP) is 4.57. The van der Waals surface area contributed by atoms with Gasteiger partial charge in [0, 0.05) is 42.5 Å². The standard InChI is InChI=1S/C18H21ClN2/c1-5-20-18(15-9-7-6-8-13(15)2)16-12-14(19)10-11-17(16)21(3)4/h6-12H,5H2,1-4H3. The summed E-state index contributed by atoms with van der Waals surface area (Å²) in [5.41, 5.74) is 5.57. The van der Waals surface area contributed by atoms with E-state index in [-0.39, 0.29) is 0 Å². The highest BCUT2D eigenvalue weighted by Crippen LogP contribution is 2.27. The molecule has 0 fully saturated rings. The van der Waals surface area contributed by atoms with Crippen LogP contribution in [0.3, 0.4) is 0 Å². The molecule has 0 heterocycles. The first-order chi connectivity index (χ1) is 10.0. The first-order valence-corrected chi connectivity index (χ1v) is 7.50. The largest absolute Gasteiger partial charge is 0.377 e. The molecular weight excluding hydrogens is 280 g/mol. The smallest absolute Gasteiger partial charge is 0.0742 e. The molecule has 0 amide bonds. The van der Waals surface area contributed by atoms with Crippen molar-refractivity contribution in [2.75, 3.05) is 25.5 Å². The first kappa shape index (κ1) is 15.6. The molecule has 0 bridgehead atoms. The molecule has 0 aliphatic heterocycles. The zero-order valence-electron chi connectivity index (χ0n) is 13.0. The second-order valence-corrected chi connectivity index (χ2v) is 5.63. The molecule has 21 heavy (non-hydrogen) atoms. The van der Waals surface area contributed by atoms with Crippen LogP contribution in [0.2, 0.25) is 5.02 Å². The van der Waals surface area contributed by atoms with E-state index in [9.17, 15) is 0 Å². The van der Waals surface area contributed by atoms with Crippen molar-refractivity contribution >= 4 is 23.0 Å². The van der Waals surface area contributed by atoms with Crippen LogP contribution < -0.4 is 4.90 Å². The van der Waals surface area contributed by atoms with Gasteiger partial charge in [-0.25, -0.2) is 0 Å². The normalized spacial score (nSPS) is 11.6. The maximum absolute atomic E-state index is 6.22. The summed E-state index contributed by atoms with van der Waals surface area (Å²) in [5.74, 6) is 0. The molecule has 110 valence electrons. The molecule has 2 aromatic carbocycles. The third-order valence-corrected chi connectivity index (χ3v) is 3.65. The van der Waals surface area contributed by atoms with Crippen LogP contribution in [-0.4, -0.2) is 26.4 Å². The molecule has 0 unspecified atom stereocenters. The van der Waals surface area contributed by atoms with E-state index in [2.05, 4.69) is 30.9 Å². The first-order valence-electron chi connectivity index (χ1n) is 7.12. The van der Waals surface area contributed by atoms with Gasteiger partial charge >= 0.3 is 0 Å². The van der Waals surface area contributed by atoms with E-state index in [4.69, 9.17) is 16.6 Å². The van der Waals surface area contributed by atoms with E-state index in [1.54, 1.807) is 0 Å². The number of aliphatic imine (C=N–C) groups is 1. The fourth-order valence-electron chi connectivity index (χ4n) is 2.40. The van der Waals surface area contributed by atoms with Crippen LogP contribution in [0.4, 0.5) is 5.69 Å². The highest BCUT2D eigenvalue weighted by atomic mass is 35.5. The molecule has 2 nitrogen and oxygen atoms in total. The van der Waals surface area contributed by atoms with Crippen molar-refractivity contribution in [3.8, 4) is 0 Å². The summed E-state index contributed by atoms with van der Waals surface area (Å²) < 4.78 is 0. The van der Waals surface area contributed by atoms with Crippen molar-refractivity contribution < 1.29 is 0 Å². The Labute approximate surface area is 132 Å². The van der Waals surface area contributed by atoms with Crippen LogP contribution in [0, 0.1) is 6.92 Å². The number of benzene rings is 2. The van der Waals surface area contributed by atoms with Gasteiger partial charge < -0.3 is 4.90 Å². The maximum atomic E-state index is 6.22. The summed E-state index contributed by atoms with van der Waals surface area (Å²) in [5, 5.41) is 0.730. The maximum Gasteiger partial charge on any atom is 0.0742 e. The molecule has 0 spiro atoms. The van der Waals surface area contributed by atoms with Gasteiger partial charge in [-0.3, -0.25) is 4.99 Å². The number of hydrogen-bond donors (Lipinski definition) is 0. The average Bonchev–Trinajstić information content (AvgIpc) is 2.45. The summed E-state index contributed by atoms with van der Waals surface area (Å²) >= 11 is 6.22. The lowest BCUT2D eigenvalue weighted by Gasteiger charge is -2.20. The van der Waals surface area contributed by atoms with E-state index in [1.165, 1.54) is 5.56 Å².